The van der Waals surface area contributed by atoms with Crippen LogP contribution >= 0.6 is 0 Å². The van der Waals surface area contributed by atoms with Gasteiger partial charge >= 0.3 is 0 Å². The van der Waals surface area contributed by atoms with E-state index in [0.717, 1.165) is 32.6 Å². The Labute approximate surface area is 105 Å². The van der Waals surface area contributed by atoms with Gasteiger partial charge in [0.1, 0.15) is 0 Å². The molecule has 0 saturated carbocycles. The monoisotopic (exact) mass is 241 g/mol. The maximum atomic E-state index is 12.0. The van der Waals surface area contributed by atoms with Crippen LogP contribution < -0.4 is 10.6 Å². The van der Waals surface area contributed by atoms with Crippen molar-refractivity contribution in [2.75, 3.05) is 26.2 Å². The fourth-order valence-corrected chi connectivity index (χ4v) is 2.32. The van der Waals surface area contributed by atoms with Crippen LogP contribution in [0.5, 0.6) is 0 Å². The molecule has 1 heterocycles. The van der Waals surface area contributed by atoms with Gasteiger partial charge in [0.05, 0.1) is 6.04 Å². The number of hydrogen-bond acceptors (Lipinski definition) is 3. The Morgan fingerprint density at radius 2 is 2.29 bits per heavy atom. The number of nitrogens with zero attached hydrogens (tertiary/aromatic N) is 1. The molecule has 0 aromatic carbocycles. The summed E-state index contributed by atoms with van der Waals surface area (Å²) in [6.45, 7) is 10.1. The van der Waals surface area contributed by atoms with Crippen LogP contribution in [0, 0.1) is 0 Å². The Morgan fingerprint density at radius 3 is 2.94 bits per heavy atom. The predicted octanol–water partition coefficient (Wildman–Crippen LogP) is 0.975. The van der Waals surface area contributed by atoms with Crippen molar-refractivity contribution < 1.29 is 4.79 Å². The molecule has 1 aliphatic rings. The Hall–Kier alpha value is -0.610. The first-order valence-corrected chi connectivity index (χ1v) is 6.91. The molecule has 1 amide bonds. The first-order chi connectivity index (χ1) is 8.16. The predicted molar refractivity (Wildman–Crippen MR) is 71.0 cm³/mol. The molecular weight excluding hydrogens is 214 g/mol. The van der Waals surface area contributed by atoms with Crippen LogP contribution in [0.4, 0.5) is 0 Å². The molecule has 2 atom stereocenters. The van der Waals surface area contributed by atoms with Gasteiger partial charge in [-0.25, -0.2) is 0 Å². The second kappa shape index (κ2) is 7.67. The van der Waals surface area contributed by atoms with E-state index in [9.17, 15) is 4.79 Å². The standard InChI is InChI=1S/C13H27N3O/c1-4-5-6-7-15-13(17)12(3)16-9-8-14-10-11(16)2/h11-12,14H,4-10H2,1-3H3,(H,15,17)/t11-,12?/m0/s1. The minimum Gasteiger partial charge on any atom is -0.355 e. The molecular formula is C13H27N3O. The fourth-order valence-electron chi connectivity index (χ4n) is 2.32. The molecule has 0 aromatic rings. The average molecular weight is 241 g/mol. The topological polar surface area (TPSA) is 44.4 Å². The molecule has 1 unspecified atom stereocenters. The quantitative estimate of drug-likeness (QED) is 0.681. The summed E-state index contributed by atoms with van der Waals surface area (Å²) in [5, 5.41) is 6.38. The van der Waals surface area contributed by atoms with Gasteiger partial charge < -0.3 is 10.6 Å². The summed E-state index contributed by atoms with van der Waals surface area (Å²) in [6, 6.07) is 0.439. The molecule has 17 heavy (non-hydrogen) atoms. The third kappa shape index (κ3) is 4.64. The Kier molecular flexibility index (Phi) is 6.52. The van der Waals surface area contributed by atoms with E-state index in [1.807, 2.05) is 6.92 Å². The van der Waals surface area contributed by atoms with Gasteiger partial charge in [0.15, 0.2) is 0 Å². The van der Waals surface area contributed by atoms with Crippen molar-refractivity contribution in [3.63, 3.8) is 0 Å². The van der Waals surface area contributed by atoms with Crippen LogP contribution in [0.15, 0.2) is 0 Å². The number of nitrogens with one attached hydrogen (secondary N) is 2. The lowest BCUT2D eigenvalue weighted by atomic mass is 10.1. The summed E-state index contributed by atoms with van der Waals surface area (Å²) in [4.78, 5) is 14.3. The van der Waals surface area contributed by atoms with Crippen molar-refractivity contribution in [3.8, 4) is 0 Å². The normalized spacial score (nSPS) is 23.4. The minimum atomic E-state index is -0.00581. The van der Waals surface area contributed by atoms with Gasteiger partial charge in [-0.15, -0.1) is 0 Å². The largest absolute Gasteiger partial charge is 0.355 e. The zero-order chi connectivity index (χ0) is 12.7. The number of unbranched alkanes of at least 4 members (excludes halogenated alkanes) is 2. The lowest BCUT2D eigenvalue weighted by Gasteiger charge is -2.37. The third-order valence-electron chi connectivity index (χ3n) is 3.51. The zero-order valence-electron chi connectivity index (χ0n) is 11.5. The maximum Gasteiger partial charge on any atom is 0.237 e. The number of carbonyl (C=O) groups excluding carboxylic acids is 1. The van der Waals surface area contributed by atoms with E-state index < -0.39 is 0 Å². The molecule has 100 valence electrons. The third-order valence-corrected chi connectivity index (χ3v) is 3.51. The van der Waals surface area contributed by atoms with Crippen LogP contribution in [0.3, 0.4) is 0 Å². The van der Waals surface area contributed by atoms with E-state index >= 15 is 0 Å². The number of carbonyl (C=O) groups is 1. The van der Waals surface area contributed by atoms with Crippen molar-refractivity contribution in [2.24, 2.45) is 0 Å². The maximum absolute atomic E-state index is 12.0. The smallest absolute Gasteiger partial charge is 0.237 e. The van der Waals surface area contributed by atoms with Gasteiger partial charge in [-0.3, -0.25) is 9.69 Å². The minimum absolute atomic E-state index is 0.00581. The molecule has 0 aliphatic carbocycles. The summed E-state index contributed by atoms with van der Waals surface area (Å²) >= 11 is 0. The number of piperazine rings is 1. The second-order valence-electron chi connectivity index (χ2n) is 4.97. The lowest BCUT2D eigenvalue weighted by Crippen LogP contribution is -2.57. The molecule has 0 spiro atoms. The highest BCUT2D eigenvalue weighted by Crippen LogP contribution is 2.08. The van der Waals surface area contributed by atoms with E-state index in [4.69, 9.17) is 0 Å². The molecule has 1 fully saturated rings. The fraction of sp³-hybridized carbons (Fsp3) is 0.923. The van der Waals surface area contributed by atoms with E-state index in [0.29, 0.717) is 6.04 Å². The zero-order valence-corrected chi connectivity index (χ0v) is 11.5. The van der Waals surface area contributed by atoms with E-state index in [1.54, 1.807) is 0 Å². The molecule has 2 N–H and O–H groups in total. The van der Waals surface area contributed by atoms with Gasteiger partial charge in [0.25, 0.3) is 0 Å². The molecule has 1 rings (SSSR count). The van der Waals surface area contributed by atoms with Crippen molar-refractivity contribution in [1.29, 1.82) is 0 Å². The van der Waals surface area contributed by atoms with Crippen LogP contribution in [-0.2, 0) is 4.79 Å². The second-order valence-corrected chi connectivity index (χ2v) is 4.97. The highest BCUT2D eigenvalue weighted by molar-refractivity contribution is 5.81. The molecule has 4 nitrogen and oxygen atoms in total. The van der Waals surface area contributed by atoms with Gasteiger partial charge in [-0.1, -0.05) is 19.8 Å². The highest BCUT2D eigenvalue weighted by atomic mass is 16.2. The SMILES string of the molecule is CCCCCNC(=O)C(C)N1CCNC[C@@H]1C. The molecule has 1 aliphatic heterocycles. The number of amides is 1. The first-order valence-electron chi connectivity index (χ1n) is 6.91. The van der Waals surface area contributed by atoms with E-state index in [-0.39, 0.29) is 11.9 Å². The van der Waals surface area contributed by atoms with Crippen LogP contribution in [0.2, 0.25) is 0 Å². The summed E-state index contributed by atoms with van der Waals surface area (Å²) in [6.07, 6.45) is 3.48. The van der Waals surface area contributed by atoms with Crippen LogP contribution in [-0.4, -0.2) is 49.1 Å². The van der Waals surface area contributed by atoms with Crippen molar-refractivity contribution in [1.82, 2.24) is 15.5 Å². The Balaban J connectivity index is 2.29. The van der Waals surface area contributed by atoms with Crippen molar-refractivity contribution >= 4 is 5.91 Å². The molecule has 0 bridgehead atoms. The molecule has 0 aromatic heterocycles. The molecule has 0 radical (unpaired) electrons. The van der Waals surface area contributed by atoms with E-state index in [1.165, 1.54) is 12.8 Å². The van der Waals surface area contributed by atoms with Gasteiger partial charge in [0, 0.05) is 32.2 Å². The van der Waals surface area contributed by atoms with Crippen LogP contribution in [0.1, 0.15) is 40.0 Å². The van der Waals surface area contributed by atoms with Gasteiger partial charge in [0.2, 0.25) is 5.91 Å². The first kappa shape index (κ1) is 14.5. The molecule has 1 saturated heterocycles. The van der Waals surface area contributed by atoms with Gasteiger partial charge in [-0.05, 0) is 20.3 Å². The summed E-state index contributed by atoms with van der Waals surface area (Å²) in [5.74, 6) is 0.176. The number of hydrogen-bond donors (Lipinski definition) is 2. The Bertz CT molecular complexity index is 233. The molecule has 4 heteroatoms. The van der Waals surface area contributed by atoms with Crippen molar-refractivity contribution in [3.05, 3.63) is 0 Å². The van der Waals surface area contributed by atoms with Crippen LogP contribution in [0.25, 0.3) is 0 Å². The lowest BCUT2D eigenvalue weighted by molar-refractivity contribution is -0.127. The summed E-state index contributed by atoms with van der Waals surface area (Å²) in [7, 11) is 0. The van der Waals surface area contributed by atoms with Crippen molar-refractivity contribution in [2.45, 2.75) is 52.1 Å². The Morgan fingerprint density at radius 1 is 1.53 bits per heavy atom. The average Bonchev–Trinajstić information content (AvgIpc) is 2.34. The highest BCUT2D eigenvalue weighted by Gasteiger charge is 2.27. The van der Waals surface area contributed by atoms with Gasteiger partial charge in [-0.2, -0.15) is 0 Å². The summed E-state index contributed by atoms with van der Waals surface area (Å²) in [5.41, 5.74) is 0. The number of rotatable bonds is 6. The summed E-state index contributed by atoms with van der Waals surface area (Å²) < 4.78 is 0. The van der Waals surface area contributed by atoms with E-state index in [2.05, 4.69) is 29.4 Å².